The second kappa shape index (κ2) is 5.40. The smallest absolute Gasteiger partial charge is 0.221 e. The fraction of sp³-hybridized carbons (Fsp3) is 0.364. The second-order valence-electron chi connectivity index (χ2n) is 3.69. The van der Waals surface area contributed by atoms with Crippen LogP contribution in [0.15, 0.2) is 24.3 Å². The van der Waals surface area contributed by atoms with Crippen LogP contribution in [-0.4, -0.2) is 34.0 Å². The summed E-state index contributed by atoms with van der Waals surface area (Å²) in [6, 6.07) is 7.67. The number of aryl methyl sites for hydroxylation is 1. The molecular weight excluding hydrogens is 218 g/mol. The van der Waals surface area contributed by atoms with Gasteiger partial charge in [0.1, 0.15) is 5.52 Å². The van der Waals surface area contributed by atoms with E-state index < -0.39 is 0 Å². The first-order valence-corrected chi connectivity index (χ1v) is 5.56. The zero-order valence-corrected chi connectivity index (χ0v) is 9.47. The lowest BCUT2D eigenvalue weighted by Crippen LogP contribution is -2.29. The average molecular weight is 233 g/mol. The molecule has 0 bridgehead atoms. The summed E-state index contributed by atoms with van der Waals surface area (Å²) in [6.45, 7) is 1.49. The van der Waals surface area contributed by atoms with Crippen LogP contribution in [0.1, 0.15) is 6.42 Å². The molecule has 17 heavy (non-hydrogen) atoms. The molecule has 0 aliphatic heterocycles. The normalized spacial score (nSPS) is 10.6. The maximum Gasteiger partial charge on any atom is 0.221 e. The predicted molar refractivity (Wildman–Crippen MR) is 64.2 cm³/mol. The molecule has 0 aliphatic rings. The number of carbonyl (C=O) groups is 1. The van der Waals surface area contributed by atoms with E-state index in [0.717, 1.165) is 11.0 Å². The number of hydrogen-bond acceptors (Lipinski definition) is 4. The molecule has 1 aromatic heterocycles. The van der Waals surface area contributed by atoms with Crippen LogP contribution >= 0.6 is 0 Å². The minimum atomic E-state index is -0.0185. The van der Waals surface area contributed by atoms with Gasteiger partial charge in [0.05, 0.1) is 12.1 Å². The molecule has 1 aromatic carbocycles. The number of amides is 1. The molecule has 2 rings (SSSR count). The topological polar surface area (TPSA) is 85.8 Å². The van der Waals surface area contributed by atoms with Gasteiger partial charge in [-0.3, -0.25) is 4.79 Å². The van der Waals surface area contributed by atoms with Crippen LogP contribution in [-0.2, 0) is 11.3 Å². The van der Waals surface area contributed by atoms with Crippen LogP contribution in [0.25, 0.3) is 11.0 Å². The van der Waals surface area contributed by atoms with Gasteiger partial charge in [0, 0.05) is 19.5 Å². The molecule has 0 spiro atoms. The molecule has 0 saturated carbocycles. The molecule has 0 aliphatic carbocycles. The average Bonchev–Trinajstić information content (AvgIpc) is 2.77. The Bertz CT molecular complexity index is 507. The van der Waals surface area contributed by atoms with Gasteiger partial charge in [-0.15, -0.1) is 5.10 Å². The number of para-hydroxylation sites is 1. The van der Waals surface area contributed by atoms with Crippen LogP contribution in [0.3, 0.4) is 0 Å². The predicted octanol–water partition coefficient (Wildman–Crippen LogP) is -0.104. The molecule has 1 amide bonds. The van der Waals surface area contributed by atoms with Crippen molar-refractivity contribution in [3.63, 3.8) is 0 Å². The fourth-order valence-electron chi connectivity index (χ4n) is 1.59. The van der Waals surface area contributed by atoms with Crippen molar-refractivity contribution < 1.29 is 4.79 Å². The highest BCUT2D eigenvalue weighted by Crippen LogP contribution is 2.09. The molecule has 6 nitrogen and oxygen atoms in total. The molecule has 1 heterocycles. The summed E-state index contributed by atoms with van der Waals surface area (Å²) in [5.41, 5.74) is 7.09. The molecule has 0 atom stereocenters. The molecule has 3 N–H and O–H groups in total. The number of nitrogens with two attached hydrogens (primary N) is 1. The Labute approximate surface area is 98.8 Å². The van der Waals surface area contributed by atoms with Gasteiger partial charge in [-0.05, 0) is 12.1 Å². The van der Waals surface area contributed by atoms with Gasteiger partial charge in [-0.1, -0.05) is 17.3 Å². The largest absolute Gasteiger partial charge is 0.355 e. The lowest BCUT2D eigenvalue weighted by molar-refractivity contribution is -0.121. The monoisotopic (exact) mass is 233 g/mol. The van der Waals surface area contributed by atoms with Crippen molar-refractivity contribution in [2.75, 3.05) is 13.1 Å². The van der Waals surface area contributed by atoms with E-state index >= 15 is 0 Å². The molecule has 0 unspecified atom stereocenters. The third-order valence-electron chi connectivity index (χ3n) is 2.44. The number of benzene rings is 1. The van der Waals surface area contributed by atoms with E-state index in [1.807, 2.05) is 24.3 Å². The van der Waals surface area contributed by atoms with Gasteiger partial charge < -0.3 is 11.1 Å². The van der Waals surface area contributed by atoms with E-state index in [0.29, 0.717) is 26.1 Å². The van der Waals surface area contributed by atoms with Gasteiger partial charge >= 0.3 is 0 Å². The summed E-state index contributed by atoms with van der Waals surface area (Å²) in [5, 5.41) is 10.7. The minimum absolute atomic E-state index is 0.0185. The van der Waals surface area contributed by atoms with Crippen molar-refractivity contribution in [2.24, 2.45) is 5.73 Å². The number of rotatable bonds is 5. The Kier molecular flexibility index (Phi) is 3.66. The van der Waals surface area contributed by atoms with Gasteiger partial charge in [0.25, 0.3) is 0 Å². The lowest BCUT2D eigenvalue weighted by atomic mass is 10.3. The summed E-state index contributed by atoms with van der Waals surface area (Å²) in [4.78, 5) is 11.4. The first-order valence-electron chi connectivity index (χ1n) is 5.56. The Morgan fingerprint density at radius 1 is 1.41 bits per heavy atom. The Hall–Kier alpha value is -1.95. The van der Waals surface area contributed by atoms with Crippen molar-refractivity contribution >= 4 is 16.9 Å². The maximum absolute atomic E-state index is 11.4. The third-order valence-corrected chi connectivity index (χ3v) is 2.44. The summed E-state index contributed by atoms with van der Waals surface area (Å²) in [7, 11) is 0. The van der Waals surface area contributed by atoms with Crippen molar-refractivity contribution in [1.82, 2.24) is 20.3 Å². The standard InChI is InChI=1S/C11H15N5O/c12-6-7-13-11(17)5-8-16-10-4-2-1-3-9(10)14-15-16/h1-4H,5-8,12H2,(H,13,17). The number of fused-ring (bicyclic) bond motifs is 1. The third kappa shape index (κ3) is 2.79. The van der Waals surface area contributed by atoms with E-state index in [-0.39, 0.29) is 5.91 Å². The van der Waals surface area contributed by atoms with Gasteiger partial charge in [0.2, 0.25) is 5.91 Å². The summed E-state index contributed by atoms with van der Waals surface area (Å²) in [5.74, 6) is -0.0185. The fourth-order valence-corrected chi connectivity index (χ4v) is 1.59. The number of nitrogens with zero attached hydrogens (tertiary/aromatic N) is 3. The van der Waals surface area contributed by atoms with E-state index in [9.17, 15) is 4.79 Å². The SMILES string of the molecule is NCCNC(=O)CCn1nnc2ccccc21. The number of aromatic nitrogens is 3. The molecule has 2 aromatic rings. The van der Waals surface area contributed by atoms with E-state index in [4.69, 9.17) is 5.73 Å². The van der Waals surface area contributed by atoms with E-state index in [1.165, 1.54) is 0 Å². The summed E-state index contributed by atoms with van der Waals surface area (Å²) in [6.07, 6.45) is 0.382. The lowest BCUT2D eigenvalue weighted by Gasteiger charge is -2.03. The highest BCUT2D eigenvalue weighted by atomic mass is 16.1. The first-order chi connectivity index (χ1) is 8.31. The zero-order chi connectivity index (χ0) is 12.1. The zero-order valence-electron chi connectivity index (χ0n) is 9.47. The van der Waals surface area contributed by atoms with Crippen LogP contribution in [0.5, 0.6) is 0 Å². The molecule has 6 heteroatoms. The maximum atomic E-state index is 11.4. The van der Waals surface area contributed by atoms with Gasteiger partial charge in [0.15, 0.2) is 0 Å². The minimum Gasteiger partial charge on any atom is -0.355 e. The van der Waals surface area contributed by atoms with Crippen molar-refractivity contribution in [3.05, 3.63) is 24.3 Å². The Morgan fingerprint density at radius 3 is 3.06 bits per heavy atom. The highest BCUT2D eigenvalue weighted by molar-refractivity contribution is 5.76. The summed E-state index contributed by atoms with van der Waals surface area (Å²) >= 11 is 0. The molecule has 0 radical (unpaired) electrons. The second-order valence-corrected chi connectivity index (χ2v) is 3.69. The first kappa shape index (κ1) is 11.5. The van der Waals surface area contributed by atoms with Gasteiger partial charge in [-0.2, -0.15) is 0 Å². The van der Waals surface area contributed by atoms with Crippen LogP contribution in [0.4, 0.5) is 0 Å². The molecule has 90 valence electrons. The summed E-state index contributed by atoms with van der Waals surface area (Å²) < 4.78 is 1.73. The van der Waals surface area contributed by atoms with Crippen molar-refractivity contribution in [1.29, 1.82) is 0 Å². The Balaban J connectivity index is 1.97. The van der Waals surface area contributed by atoms with Gasteiger partial charge in [-0.25, -0.2) is 4.68 Å². The number of carbonyl (C=O) groups excluding carboxylic acids is 1. The quantitative estimate of drug-likeness (QED) is 0.755. The van der Waals surface area contributed by atoms with Crippen LogP contribution in [0, 0.1) is 0 Å². The molecule has 0 fully saturated rings. The van der Waals surface area contributed by atoms with Crippen LogP contribution < -0.4 is 11.1 Å². The van der Waals surface area contributed by atoms with Crippen molar-refractivity contribution in [2.45, 2.75) is 13.0 Å². The van der Waals surface area contributed by atoms with Crippen molar-refractivity contribution in [3.8, 4) is 0 Å². The molecular formula is C11H15N5O. The number of hydrogen-bond donors (Lipinski definition) is 2. The highest BCUT2D eigenvalue weighted by Gasteiger charge is 2.05. The number of nitrogens with one attached hydrogen (secondary N) is 1. The Morgan fingerprint density at radius 2 is 2.24 bits per heavy atom. The van der Waals surface area contributed by atoms with E-state index in [2.05, 4.69) is 15.6 Å². The van der Waals surface area contributed by atoms with Crippen LogP contribution in [0.2, 0.25) is 0 Å². The van der Waals surface area contributed by atoms with E-state index in [1.54, 1.807) is 4.68 Å². The molecule has 0 saturated heterocycles.